The lowest BCUT2D eigenvalue weighted by Crippen LogP contribution is -2.35. The SMILES string of the molecule is O=C(O)Cc1ccc(C2(O)CCC(OCc3c(-c4c(Cl)cccc4Cl)noc3C3CC3)CC2)c(F)c1.[C-]#[N+]Cc1ccc(C2(O)CCC(OCc3c(-c4c(Cl)cccc4Cl)noc3C3CC3)CC2)c(F)c1. The van der Waals surface area contributed by atoms with E-state index < -0.39 is 28.8 Å². The Morgan fingerprint density at radius 1 is 0.648 bits per heavy atom. The van der Waals surface area contributed by atoms with E-state index in [1.165, 1.54) is 18.2 Å². The lowest BCUT2D eigenvalue weighted by atomic mass is 9.78. The first-order chi connectivity index (χ1) is 34.1. The number of aliphatic hydroxyl groups is 2. The topological polar surface area (TPSA) is 153 Å². The molecule has 0 atom stereocenters. The smallest absolute Gasteiger partial charge is 0.307 e. The van der Waals surface area contributed by atoms with E-state index in [-0.39, 0.29) is 42.9 Å². The molecule has 17 heteroatoms. The van der Waals surface area contributed by atoms with E-state index in [4.69, 9.17) is 76.6 Å². The number of rotatable bonds is 15. The Balaban J connectivity index is 0.000000176. The van der Waals surface area contributed by atoms with Crippen molar-refractivity contribution in [2.24, 2.45) is 0 Å². The van der Waals surface area contributed by atoms with Gasteiger partial charge in [-0.25, -0.2) is 15.4 Å². The fourth-order valence-electron chi connectivity index (χ4n) is 9.85. The molecule has 4 saturated carbocycles. The highest BCUT2D eigenvalue weighted by Gasteiger charge is 2.40. The minimum atomic E-state index is -1.32. The van der Waals surface area contributed by atoms with Gasteiger partial charge >= 0.3 is 5.97 Å². The zero-order chi connectivity index (χ0) is 50.0. The quantitative estimate of drug-likeness (QED) is 0.0847. The van der Waals surface area contributed by atoms with Crippen LogP contribution in [0, 0.1) is 18.2 Å². The Morgan fingerprint density at radius 3 is 1.41 bits per heavy atom. The fraction of sp³-hybridized carbons (Fsp3) is 0.407. The molecule has 10 rings (SSSR count). The average molecular weight is 1050 g/mol. The van der Waals surface area contributed by atoms with Crippen molar-refractivity contribution in [3.63, 3.8) is 0 Å². The van der Waals surface area contributed by atoms with Crippen LogP contribution in [-0.4, -0.2) is 43.8 Å². The van der Waals surface area contributed by atoms with Gasteiger partial charge < -0.3 is 38.7 Å². The van der Waals surface area contributed by atoms with Crippen molar-refractivity contribution in [1.29, 1.82) is 0 Å². The molecule has 0 spiro atoms. The largest absolute Gasteiger partial charge is 0.481 e. The Bertz CT molecular complexity index is 2910. The molecule has 4 fully saturated rings. The van der Waals surface area contributed by atoms with Gasteiger partial charge in [0.1, 0.15) is 34.5 Å². The van der Waals surface area contributed by atoms with Crippen LogP contribution in [0.3, 0.4) is 0 Å². The predicted octanol–water partition coefficient (Wildman–Crippen LogP) is 14.1. The van der Waals surface area contributed by atoms with E-state index in [1.54, 1.807) is 54.6 Å². The summed E-state index contributed by atoms with van der Waals surface area (Å²) in [7, 11) is 0. The maximum atomic E-state index is 14.7. The van der Waals surface area contributed by atoms with Crippen molar-refractivity contribution in [1.82, 2.24) is 10.3 Å². The minimum Gasteiger partial charge on any atom is -0.481 e. The summed E-state index contributed by atoms with van der Waals surface area (Å²) < 4.78 is 53.4. The summed E-state index contributed by atoms with van der Waals surface area (Å²) in [4.78, 5) is 14.2. The lowest BCUT2D eigenvalue weighted by Gasteiger charge is -2.36. The summed E-state index contributed by atoms with van der Waals surface area (Å²) >= 11 is 25.7. The number of hydrogen-bond acceptors (Lipinski definition) is 9. The molecule has 4 aliphatic rings. The molecule has 3 N–H and O–H groups in total. The van der Waals surface area contributed by atoms with Crippen LogP contribution in [0.4, 0.5) is 8.78 Å². The van der Waals surface area contributed by atoms with E-state index in [0.29, 0.717) is 124 Å². The number of benzene rings is 4. The molecule has 0 amide bonds. The normalized spacial score (nSPS) is 22.1. The number of carbonyl (C=O) groups is 1. The Labute approximate surface area is 429 Å². The monoisotopic (exact) mass is 1050 g/mol. The highest BCUT2D eigenvalue weighted by atomic mass is 35.5. The molecule has 0 bridgehead atoms. The Hall–Kier alpha value is -4.88. The third kappa shape index (κ3) is 11.5. The highest BCUT2D eigenvalue weighted by molar-refractivity contribution is 6.39. The number of aromatic nitrogens is 2. The molecule has 0 aliphatic heterocycles. The van der Waals surface area contributed by atoms with Crippen molar-refractivity contribution >= 4 is 52.4 Å². The van der Waals surface area contributed by atoms with Gasteiger partial charge in [-0.3, -0.25) is 4.79 Å². The second-order valence-electron chi connectivity index (χ2n) is 19.1. The summed E-state index contributed by atoms with van der Waals surface area (Å²) in [5.74, 6) is 0.192. The van der Waals surface area contributed by atoms with Crippen molar-refractivity contribution in [2.45, 2.75) is 138 Å². The van der Waals surface area contributed by atoms with Crippen LogP contribution in [0.25, 0.3) is 27.4 Å². The number of aliphatic carboxylic acids is 1. The van der Waals surface area contributed by atoms with Gasteiger partial charge in [-0.15, -0.1) is 0 Å². The maximum absolute atomic E-state index is 14.7. The van der Waals surface area contributed by atoms with Crippen LogP contribution in [0.1, 0.15) is 134 Å². The number of carboxylic acid groups (broad SMARTS) is 1. The number of hydrogen-bond donors (Lipinski definition) is 3. The van der Waals surface area contributed by atoms with Crippen LogP contribution in [0.2, 0.25) is 20.1 Å². The first-order valence-electron chi connectivity index (χ1n) is 23.8. The third-order valence-corrected chi connectivity index (χ3v) is 15.3. The molecule has 11 nitrogen and oxygen atoms in total. The third-order valence-electron chi connectivity index (χ3n) is 14.1. The molecule has 2 heterocycles. The van der Waals surface area contributed by atoms with Gasteiger partial charge in [0.25, 0.3) is 0 Å². The van der Waals surface area contributed by atoms with E-state index >= 15 is 0 Å². The summed E-state index contributed by atoms with van der Waals surface area (Å²) in [6.07, 6.45) is 7.38. The number of nitrogens with zero attached hydrogens (tertiary/aromatic N) is 3. The van der Waals surface area contributed by atoms with Gasteiger partial charge in [-0.05, 0) is 119 Å². The number of ether oxygens (including phenoxy) is 2. The lowest BCUT2D eigenvalue weighted by molar-refractivity contribution is -0.136. The van der Waals surface area contributed by atoms with Gasteiger partial charge in [0, 0.05) is 50.8 Å². The number of halogens is 6. The molecule has 0 saturated heterocycles. The van der Waals surface area contributed by atoms with E-state index in [2.05, 4.69) is 15.2 Å². The molecule has 71 heavy (non-hydrogen) atoms. The molecule has 2 aromatic heterocycles. The molecule has 6 aromatic rings. The molecule has 372 valence electrons. The van der Waals surface area contributed by atoms with Crippen LogP contribution in [0.5, 0.6) is 0 Å². The first kappa shape index (κ1) is 51.0. The first-order valence-corrected chi connectivity index (χ1v) is 25.3. The zero-order valence-electron chi connectivity index (χ0n) is 38.5. The average Bonchev–Trinajstić information content (AvgIpc) is 4.28. The van der Waals surface area contributed by atoms with E-state index in [1.807, 2.05) is 0 Å². The molecule has 0 unspecified atom stereocenters. The second kappa shape index (κ2) is 21.7. The van der Waals surface area contributed by atoms with Gasteiger partial charge in [0.05, 0.1) is 63.1 Å². The molecular formula is C54H51Cl4F2N3O8. The fourth-order valence-corrected chi connectivity index (χ4v) is 11.0. The van der Waals surface area contributed by atoms with Gasteiger partial charge in [0.15, 0.2) is 0 Å². The van der Waals surface area contributed by atoms with Crippen molar-refractivity contribution in [2.75, 3.05) is 0 Å². The second-order valence-corrected chi connectivity index (χ2v) is 20.7. The minimum absolute atomic E-state index is 0.0868. The molecule has 0 radical (unpaired) electrons. The number of carboxylic acids is 1. The summed E-state index contributed by atoms with van der Waals surface area (Å²) in [6, 6.07) is 19.5. The highest BCUT2D eigenvalue weighted by Crippen LogP contribution is 2.49. The molecular weight excluding hydrogens is 998 g/mol. The van der Waals surface area contributed by atoms with Gasteiger partial charge in [-0.2, -0.15) is 0 Å². The summed E-state index contributed by atoms with van der Waals surface area (Å²) in [5, 5.41) is 41.9. The summed E-state index contributed by atoms with van der Waals surface area (Å²) in [6.45, 7) is 7.65. The Morgan fingerprint density at radius 2 is 1.04 bits per heavy atom. The molecule has 4 aliphatic carbocycles. The standard InChI is InChI=1S/C27H25Cl2FN2O3.C27H26Cl2FNO5/c1-31-14-16-5-8-20(23(30)13-16)27(33)11-9-18(10-12-27)34-15-19-25(32-35-26(19)17-6-7-17)24-21(28)3-2-4-22(24)29;28-20-2-1-3-21(29)24(20)25-18(26(36-31-25)16-5-6-16)14-35-17-8-10-27(34,11-9-17)19-7-4-15(12-22(19)30)13-23(32)33/h2-5,8,13,17-18,33H,6-7,9-12,14-15H2;1-4,7,12,16-17,34H,5-6,8-11,13-14H2,(H,32,33). The van der Waals surface area contributed by atoms with E-state index in [9.17, 15) is 23.8 Å². The van der Waals surface area contributed by atoms with Crippen molar-refractivity contribution < 1.29 is 47.4 Å². The maximum Gasteiger partial charge on any atom is 0.307 e. The van der Waals surface area contributed by atoms with Crippen molar-refractivity contribution in [3.8, 4) is 22.5 Å². The zero-order valence-corrected chi connectivity index (χ0v) is 41.6. The van der Waals surface area contributed by atoms with E-state index in [0.717, 1.165) is 48.3 Å². The van der Waals surface area contributed by atoms with Crippen molar-refractivity contribution in [3.05, 3.63) is 161 Å². The van der Waals surface area contributed by atoms with Crippen LogP contribution < -0.4 is 0 Å². The van der Waals surface area contributed by atoms with Gasteiger partial charge in [-0.1, -0.05) is 93.1 Å². The van der Waals surface area contributed by atoms with Gasteiger partial charge in [0.2, 0.25) is 6.54 Å². The van der Waals surface area contributed by atoms with Crippen LogP contribution in [-0.2, 0) is 51.6 Å². The predicted molar refractivity (Wildman–Crippen MR) is 264 cm³/mol. The molecule has 4 aromatic carbocycles. The van der Waals surface area contributed by atoms with Crippen LogP contribution in [0.15, 0.2) is 81.8 Å². The Kier molecular flexibility index (Phi) is 15.6. The summed E-state index contributed by atoms with van der Waals surface area (Å²) in [5.41, 5.74) is 3.05. The van der Waals surface area contributed by atoms with Crippen LogP contribution >= 0.6 is 46.4 Å².